The third-order valence-corrected chi connectivity index (χ3v) is 3.95. The lowest BCUT2D eigenvalue weighted by Crippen LogP contribution is -2.17. The van der Waals surface area contributed by atoms with Crippen LogP contribution in [0, 0.1) is 0 Å². The van der Waals surface area contributed by atoms with E-state index in [-0.39, 0.29) is 12.8 Å². The Morgan fingerprint density at radius 1 is 0.655 bits per heavy atom. The average Bonchev–Trinajstić information content (AvgIpc) is 2.70. The van der Waals surface area contributed by atoms with Crippen LogP contribution in [0.25, 0.3) is 0 Å². The quantitative estimate of drug-likeness (QED) is 0.521. The number of anilines is 2. The van der Waals surface area contributed by atoms with Gasteiger partial charge >= 0.3 is 11.9 Å². The third kappa shape index (κ3) is 7.45. The molecular formula is C21H22N2O6. The lowest BCUT2D eigenvalue weighted by atomic mass is 10.0. The summed E-state index contributed by atoms with van der Waals surface area (Å²) in [5.74, 6) is -2.06. The maximum Gasteiger partial charge on any atom is 0.315 e. The minimum atomic E-state index is -0.593. The maximum absolute atomic E-state index is 11.7. The van der Waals surface area contributed by atoms with Gasteiger partial charge in [-0.2, -0.15) is 0 Å². The van der Waals surface area contributed by atoms with E-state index < -0.39 is 23.8 Å². The molecule has 0 aliphatic heterocycles. The molecule has 8 nitrogen and oxygen atoms in total. The van der Waals surface area contributed by atoms with Crippen LogP contribution in [0.5, 0.6) is 0 Å². The van der Waals surface area contributed by atoms with Gasteiger partial charge in [0.25, 0.3) is 0 Å². The van der Waals surface area contributed by atoms with Crippen molar-refractivity contribution in [2.75, 3.05) is 24.9 Å². The highest BCUT2D eigenvalue weighted by atomic mass is 16.5. The molecule has 0 aliphatic rings. The van der Waals surface area contributed by atoms with Crippen molar-refractivity contribution >= 4 is 35.1 Å². The van der Waals surface area contributed by atoms with Crippen molar-refractivity contribution in [3.8, 4) is 0 Å². The molecule has 2 N–H and O–H groups in total. The summed E-state index contributed by atoms with van der Waals surface area (Å²) < 4.78 is 8.90. The van der Waals surface area contributed by atoms with E-state index >= 15 is 0 Å². The van der Waals surface area contributed by atoms with Crippen LogP contribution >= 0.6 is 0 Å². The number of carbonyl (C=O) groups excluding carboxylic acids is 4. The molecule has 2 amide bonds. The number of methoxy groups -OCH3 is 2. The van der Waals surface area contributed by atoms with E-state index in [9.17, 15) is 19.2 Å². The SMILES string of the molecule is COC(=O)CC(=O)Nc1ccc(Cc2ccc(NC(=O)CC(=O)OC)cc2)cc1. The van der Waals surface area contributed by atoms with Gasteiger partial charge in [0.15, 0.2) is 0 Å². The van der Waals surface area contributed by atoms with E-state index in [0.29, 0.717) is 17.8 Å². The van der Waals surface area contributed by atoms with Crippen molar-refractivity contribution in [1.82, 2.24) is 0 Å². The Labute approximate surface area is 168 Å². The van der Waals surface area contributed by atoms with Crippen LogP contribution in [0.1, 0.15) is 24.0 Å². The first-order chi connectivity index (χ1) is 13.9. The van der Waals surface area contributed by atoms with E-state index in [0.717, 1.165) is 11.1 Å². The minimum absolute atomic E-state index is 0.333. The van der Waals surface area contributed by atoms with Crippen LogP contribution < -0.4 is 10.6 Å². The fourth-order valence-corrected chi connectivity index (χ4v) is 2.46. The minimum Gasteiger partial charge on any atom is -0.469 e. The molecule has 0 radical (unpaired) electrons. The first kappa shape index (κ1) is 21.6. The normalized spacial score (nSPS) is 10.0. The number of ether oxygens (including phenoxy) is 2. The molecular weight excluding hydrogens is 376 g/mol. The Morgan fingerprint density at radius 2 is 1.00 bits per heavy atom. The number of rotatable bonds is 8. The Bertz CT molecular complexity index is 802. The molecule has 0 spiro atoms. The van der Waals surface area contributed by atoms with Crippen LogP contribution in [-0.4, -0.2) is 38.0 Å². The summed E-state index contributed by atoms with van der Waals surface area (Å²) in [6.45, 7) is 0. The van der Waals surface area contributed by atoms with Crippen molar-refractivity contribution in [1.29, 1.82) is 0 Å². The van der Waals surface area contributed by atoms with Gasteiger partial charge < -0.3 is 20.1 Å². The molecule has 0 unspecified atom stereocenters. The van der Waals surface area contributed by atoms with E-state index in [1.807, 2.05) is 24.3 Å². The van der Waals surface area contributed by atoms with Crippen LogP contribution in [-0.2, 0) is 35.1 Å². The molecule has 8 heteroatoms. The van der Waals surface area contributed by atoms with Gasteiger partial charge in [0.05, 0.1) is 14.2 Å². The number of benzene rings is 2. The largest absolute Gasteiger partial charge is 0.469 e. The van der Waals surface area contributed by atoms with Crippen LogP contribution in [0.2, 0.25) is 0 Å². The van der Waals surface area contributed by atoms with Gasteiger partial charge in [-0.3, -0.25) is 19.2 Å². The number of nitrogens with one attached hydrogen (secondary N) is 2. The molecule has 0 bridgehead atoms. The maximum atomic E-state index is 11.7. The average molecular weight is 398 g/mol. The number of hydrogen-bond acceptors (Lipinski definition) is 6. The zero-order valence-electron chi connectivity index (χ0n) is 16.2. The standard InChI is InChI=1S/C21H22N2O6/c1-28-20(26)12-18(24)22-16-7-3-14(4-8-16)11-15-5-9-17(10-6-15)23-19(25)13-21(27)29-2/h3-10H,11-13H2,1-2H3,(H,22,24)(H,23,25). The van der Waals surface area contributed by atoms with Crippen LogP contribution in [0.15, 0.2) is 48.5 Å². The molecule has 2 rings (SSSR count). The molecule has 0 heterocycles. The number of carbonyl (C=O) groups is 4. The van der Waals surface area contributed by atoms with E-state index in [1.165, 1.54) is 14.2 Å². The second-order valence-corrected chi connectivity index (χ2v) is 6.17. The summed E-state index contributed by atoms with van der Waals surface area (Å²) in [7, 11) is 2.46. The van der Waals surface area contributed by atoms with Crippen molar-refractivity contribution in [2.45, 2.75) is 19.3 Å². The molecule has 0 saturated carbocycles. The van der Waals surface area contributed by atoms with Crippen molar-refractivity contribution in [3.05, 3.63) is 59.7 Å². The lowest BCUT2D eigenvalue weighted by Gasteiger charge is -2.08. The summed E-state index contributed by atoms with van der Waals surface area (Å²) in [4.78, 5) is 45.5. The smallest absolute Gasteiger partial charge is 0.315 e. The summed E-state index contributed by atoms with van der Waals surface area (Å²) in [6.07, 6.45) is -0.00565. The zero-order valence-corrected chi connectivity index (χ0v) is 16.2. The third-order valence-electron chi connectivity index (χ3n) is 3.95. The second kappa shape index (κ2) is 10.6. The van der Waals surface area contributed by atoms with Gasteiger partial charge in [-0.15, -0.1) is 0 Å². The van der Waals surface area contributed by atoms with Gasteiger partial charge in [0.1, 0.15) is 12.8 Å². The number of hydrogen-bond donors (Lipinski definition) is 2. The van der Waals surface area contributed by atoms with Gasteiger partial charge in [-0.05, 0) is 41.8 Å². The summed E-state index contributed by atoms with van der Waals surface area (Å²) in [5, 5.41) is 5.26. The first-order valence-corrected chi connectivity index (χ1v) is 8.81. The highest BCUT2D eigenvalue weighted by molar-refractivity contribution is 6.02. The molecule has 2 aromatic rings. The molecule has 2 aromatic carbocycles. The Balaban J connectivity index is 1.88. The number of amides is 2. The lowest BCUT2D eigenvalue weighted by molar-refractivity contribution is -0.144. The van der Waals surface area contributed by atoms with E-state index in [1.54, 1.807) is 24.3 Å². The predicted octanol–water partition coefficient (Wildman–Crippen LogP) is 2.28. The molecule has 0 aliphatic carbocycles. The molecule has 152 valence electrons. The Hall–Kier alpha value is -3.68. The highest BCUT2D eigenvalue weighted by Gasteiger charge is 2.10. The van der Waals surface area contributed by atoms with Gasteiger partial charge in [0.2, 0.25) is 11.8 Å². The monoisotopic (exact) mass is 398 g/mol. The molecule has 0 saturated heterocycles. The van der Waals surface area contributed by atoms with Gasteiger partial charge in [-0.1, -0.05) is 24.3 Å². The Kier molecular flexibility index (Phi) is 7.90. The van der Waals surface area contributed by atoms with Gasteiger partial charge in [-0.25, -0.2) is 0 Å². The van der Waals surface area contributed by atoms with Crippen LogP contribution in [0.4, 0.5) is 11.4 Å². The second-order valence-electron chi connectivity index (χ2n) is 6.17. The Morgan fingerprint density at radius 3 is 1.31 bits per heavy atom. The summed E-state index contributed by atoms with van der Waals surface area (Å²) in [5.41, 5.74) is 3.23. The van der Waals surface area contributed by atoms with Crippen molar-refractivity contribution < 1.29 is 28.7 Å². The highest BCUT2D eigenvalue weighted by Crippen LogP contribution is 2.16. The topological polar surface area (TPSA) is 111 Å². The summed E-state index contributed by atoms with van der Waals surface area (Å²) in [6, 6.07) is 14.5. The van der Waals surface area contributed by atoms with E-state index in [4.69, 9.17) is 0 Å². The van der Waals surface area contributed by atoms with E-state index in [2.05, 4.69) is 20.1 Å². The fraction of sp³-hybridized carbons (Fsp3) is 0.238. The fourth-order valence-electron chi connectivity index (χ4n) is 2.46. The molecule has 29 heavy (non-hydrogen) atoms. The molecule has 0 atom stereocenters. The summed E-state index contributed by atoms with van der Waals surface area (Å²) >= 11 is 0. The predicted molar refractivity (Wildman–Crippen MR) is 106 cm³/mol. The molecule has 0 fully saturated rings. The molecule has 0 aromatic heterocycles. The first-order valence-electron chi connectivity index (χ1n) is 8.81. The van der Waals surface area contributed by atoms with Crippen LogP contribution in [0.3, 0.4) is 0 Å². The zero-order chi connectivity index (χ0) is 21.2. The van der Waals surface area contributed by atoms with Gasteiger partial charge in [0, 0.05) is 11.4 Å². The number of esters is 2. The van der Waals surface area contributed by atoms with Crippen molar-refractivity contribution in [2.24, 2.45) is 0 Å². The van der Waals surface area contributed by atoms with Crippen molar-refractivity contribution in [3.63, 3.8) is 0 Å².